The Labute approximate surface area is 359 Å². The summed E-state index contributed by atoms with van der Waals surface area (Å²) in [5, 5.41) is 23.9. The Morgan fingerprint density at radius 3 is 2.59 bits per heavy atom. The molecule has 4 bridgehead atoms. The van der Waals surface area contributed by atoms with Gasteiger partial charge in [0, 0.05) is 59.2 Å². The maximum Gasteiger partial charge on any atom is 0.355 e. The largest absolute Gasteiger partial charge is 0.476 e. The second-order valence-corrected chi connectivity index (χ2v) is 20.1. The van der Waals surface area contributed by atoms with Crippen LogP contribution in [0, 0.1) is 23.2 Å². The number of ether oxygens (including phenoxy) is 1. The second-order valence-electron chi connectivity index (χ2n) is 18.0. The van der Waals surface area contributed by atoms with E-state index >= 15 is 0 Å². The number of aromatic nitrogens is 4. The minimum absolute atomic E-state index is 0.0716. The first kappa shape index (κ1) is 41.0. The molecule has 4 heterocycles. The van der Waals surface area contributed by atoms with Crippen LogP contribution in [0.25, 0.3) is 15.8 Å². The van der Waals surface area contributed by atoms with E-state index < -0.39 is 5.97 Å². The van der Waals surface area contributed by atoms with E-state index in [0.717, 1.165) is 84.7 Å². The summed E-state index contributed by atoms with van der Waals surface area (Å²) < 4.78 is 9.36. The molecule has 12 nitrogen and oxygen atoms in total. The van der Waals surface area contributed by atoms with E-state index in [1.807, 2.05) is 49.1 Å². The van der Waals surface area contributed by atoms with E-state index in [-0.39, 0.29) is 27.5 Å². The standard InChI is InChI=1S/C44H56IN9O3S/c1-28-30-11-10-18-54(38(30)52-51-37(28)50-40-48-33-12-6-7-13-34(33)58-40)35-15-14-31(36(49-35)39(55)56)32(21-46)29(2)47-27-43-23-41(3)22-42(4,24-43)26-44(43,25-41)57-20-19-53(5)17-9-8-16-45/h6-7,12-15,21H,8-11,16-20,22-27,46H2,1-5H3,(H,55,56)(H,48,50,51)/b32-21+,47-29?. The fraction of sp³-hybridized carbons (Fsp3) is 0.545. The Balaban J connectivity index is 1.02. The van der Waals surface area contributed by atoms with Crippen LogP contribution >= 0.6 is 33.9 Å². The predicted molar refractivity (Wildman–Crippen MR) is 242 cm³/mol. The highest BCUT2D eigenvalue weighted by Crippen LogP contribution is 2.77. The maximum atomic E-state index is 12.9. The van der Waals surface area contributed by atoms with Gasteiger partial charge in [-0.25, -0.2) is 14.8 Å². The van der Waals surface area contributed by atoms with Crippen LogP contribution in [0.5, 0.6) is 0 Å². The van der Waals surface area contributed by atoms with Crippen LogP contribution in [0.4, 0.5) is 22.6 Å². The van der Waals surface area contributed by atoms with Crippen molar-refractivity contribution in [2.24, 2.45) is 27.0 Å². The van der Waals surface area contributed by atoms with Crippen LogP contribution < -0.4 is 16.0 Å². The lowest BCUT2D eigenvalue weighted by Gasteiger charge is -2.44. The van der Waals surface area contributed by atoms with E-state index in [0.29, 0.717) is 47.4 Å². The summed E-state index contributed by atoms with van der Waals surface area (Å²) in [5.41, 5.74) is 11.1. The zero-order valence-electron chi connectivity index (χ0n) is 34.4. The predicted octanol–water partition coefficient (Wildman–Crippen LogP) is 8.97. The van der Waals surface area contributed by atoms with Gasteiger partial charge >= 0.3 is 5.97 Å². The monoisotopic (exact) mass is 917 g/mol. The van der Waals surface area contributed by atoms with Crippen LogP contribution in [0.15, 0.2) is 47.6 Å². The number of thiazole rings is 1. The van der Waals surface area contributed by atoms with Crippen LogP contribution in [0.2, 0.25) is 0 Å². The first-order valence-corrected chi connectivity index (χ1v) is 23.0. The van der Waals surface area contributed by atoms with Crippen molar-refractivity contribution in [1.82, 2.24) is 25.1 Å². The van der Waals surface area contributed by atoms with E-state index in [4.69, 9.17) is 25.4 Å². The number of hydrogen-bond acceptors (Lipinski definition) is 12. The van der Waals surface area contributed by atoms with Gasteiger partial charge in [0.1, 0.15) is 5.82 Å². The summed E-state index contributed by atoms with van der Waals surface area (Å²) in [5.74, 6) is 0.717. The SMILES string of the molecule is CC(=NCC12CC3(C)CC(C)(C1)CC2(OCCN(C)CCCCI)C3)/C(=C\N)c1ccc(N2CCCc3c2nnc(Nc2nc4ccccc4s2)c3C)nc1C(=O)O. The Morgan fingerprint density at radius 2 is 1.86 bits per heavy atom. The number of fused-ring (bicyclic) bond motifs is 2. The molecule has 4 N–H and O–H groups in total. The fourth-order valence-electron chi connectivity index (χ4n) is 11.4. The molecule has 14 heteroatoms. The first-order chi connectivity index (χ1) is 27.8. The zero-order chi connectivity index (χ0) is 40.9. The van der Waals surface area contributed by atoms with Gasteiger partial charge in [-0.3, -0.25) is 4.99 Å². The van der Waals surface area contributed by atoms with Gasteiger partial charge in [0.05, 0.1) is 22.4 Å². The number of nitrogens with two attached hydrogens (primary N) is 1. The summed E-state index contributed by atoms with van der Waals surface area (Å²) in [6, 6.07) is 11.7. The molecule has 58 heavy (non-hydrogen) atoms. The number of allylic oxidation sites excluding steroid dienone is 1. The van der Waals surface area contributed by atoms with Crippen molar-refractivity contribution in [2.45, 2.75) is 91.1 Å². The lowest BCUT2D eigenvalue weighted by atomic mass is 9.61. The molecular weight excluding hydrogens is 862 g/mol. The van der Waals surface area contributed by atoms with E-state index in [9.17, 15) is 9.90 Å². The Bertz CT molecular complexity index is 2220. The van der Waals surface area contributed by atoms with E-state index in [1.165, 1.54) is 29.9 Å². The molecule has 4 aromatic rings. The summed E-state index contributed by atoms with van der Waals surface area (Å²) in [4.78, 5) is 32.0. The smallest absolute Gasteiger partial charge is 0.355 e. The average Bonchev–Trinajstić information content (AvgIpc) is 3.73. The Morgan fingerprint density at radius 1 is 1.09 bits per heavy atom. The van der Waals surface area contributed by atoms with Gasteiger partial charge in [0.25, 0.3) is 0 Å². The number of unbranched alkanes of at least 4 members (excludes halogenated alkanes) is 1. The molecule has 1 aliphatic heterocycles. The molecule has 3 aromatic heterocycles. The number of benzene rings is 1. The molecule has 4 fully saturated rings. The van der Waals surface area contributed by atoms with Gasteiger partial charge in [-0.15, -0.1) is 10.2 Å². The highest BCUT2D eigenvalue weighted by Gasteiger charge is 2.74. The third-order valence-electron chi connectivity index (χ3n) is 13.3. The van der Waals surface area contributed by atoms with E-state index in [2.05, 4.69) is 70.0 Å². The van der Waals surface area contributed by atoms with Crippen molar-refractivity contribution in [3.63, 3.8) is 0 Å². The number of anilines is 4. The van der Waals surface area contributed by atoms with Gasteiger partial charge in [-0.05, 0) is 125 Å². The average molecular weight is 918 g/mol. The number of hydrogen-bond donors (Lipinski definition) is 3. The first-order valence-electron chi connectivity index (χ1n) is 20.6. The second kappa shape index (κ2) is 16.0. The number of carboxylic acids is 1. The molecule has 0 saturated heterocycles. The zero-order valence-corrected chi connectivity index (χ0v) is 37.4. The summed E-state index contributed by atoms with van der Waals surface area (Å²) in [7, 11) is 2.20. The van der Waals surface area contributed by atoms with Gasteiger partial charge in [-0.2, -0.15) is 0 Å². The van der Waals surface area contributed by atoms with Crippen molar-refractivity contribution in [2.75, 3.05) is 54.5 Å². The lowest BCUT2D eigenvalue weighted by molar-refractivity contribution is -0.109. The number of rotatable bonds is 16. The molecular formula is C44H56IN9O3S. The quantitative estimate of drug-likeness (QED) is 0.0427. The van der Waals surface area contributed by atoms with Gasteiger partial charge in [0.15, 0.2) is 22.5 Å². The minimum atomic E-state index is -1.13. The maximum absolute atomic E-state index is 12.9. The van der Waals surface area contributed by atoms with Crippen LogP contribution in [0.1, 0.15) is 99.3 Å². The molecule has 0 spiro atoms. The van der Waals surface area contributed by atoms with E-state index in [1.54, 1.807) is 11.3 Å². The van der Waals surface area contributed by atoms with Crippen molar-refractivity contribution in [3.05, 3.63) is 65.0 Å². The third kappa shape index (κ3) is 7.62. The van der Waals surface area contributed by atoms with Crippen molar-refractivity contribution in [1.29, 1.82) is 0 Å². The number of nitrogens with zero attached hydrogens (tertiary/aromatic N) is 7. The van der Waals surface area contributed by atoms with Crippen molar-refractivity contribution in [3.8, 4) is 0 Å². The molecule has 4 aliphatic carbocycles. The topological polar surface area (TPSA) is 155 Å². The highest BCUT2D eigenvalue weighted by atomic mass is 127. The Kier molecular flexibility index (Phi) is 11.3. The molecule has 1 aromatic carbocycles. The third-order valence-corrected chi connectivity index (χ3v) is 15.0. The normalized spacial score (nSPS) is 26.6. The molecule has 308 valence electrons. The number of likely N-dealkylation sites (N-methyl/N-ethyl adjacent to an activating group) is 1. The summed E-state index contributed by atoms with van der Waals surface area (Å²) in [6.07, 6.45) is 11.2. The number of carboxylic acid groups (broad SMARTS) is 1. The van der Waals surface area contributed by atoms with Gasteiger partial charge in [0.2, 0.25) is 0 Å². The number of nitrogens with one attached hydrogen (secondary N) is 1. The fourth-order valence-corrected chi connectivity index (χ4v) is 12.8. The molecule has 5 aliphatic rings. The molecule has 0 radical (unpaired) electrons. The Hall–Kier alpha value is -3.73. The number of halogens is 1. The number of aromatic carboxylic acids is 1. The van der Waals surface area contributed by atoms with Crippen LogP contribution in [-0.2, 0) is 11.2 Å². The van der Waals surface area contributed by atoms with Crippen molar-refractivity contribution >= 4 is 84.0 Å². The molecule has 0 amide bonds. The van der Waals surface area contributed by atoms with Crippen molar-refractivity contribution < 1.29 is 14.6 Å². The van der Waals surface area contributed by atoms with Gasteiger partial charge < -0.3 is 30.7 Å². The lowest BCUT2D eigenvalue weighted by Crippen LogP contribution is -2.45. The number of aliphatic imine (C=N–C) groups is 1. The summed E-state index contributed by atoms with van der Waals surface area (Å²) >= 11 is 4.03. The molecule has 9 rings (SSSR count). The van der Waals surface area contributed by atoms with Gasteiger partial charge in [-0.1, -0.05) is 59.9 Å². The molecule has 4 saturated carbocycles. The number of alkyl halides is 1. The minimum Gasteiger partial charge on any atom is -0.476 e. The number of para-hydroxylation sites is 1. The molecule has 2 unspecified atom stereocenters. The van der Waals surface area contributed by atoms with Crippen LogP contribution in [-0.4, -0.2) is 91.7 Å². The summed E-state index contributed by atoms with van der Waals surface area (Å²) in [6.45, 7) is 12.9. The molecule has 2 atom stereocenters. The van der Waals surface area contributed by atoms with Crippen LogP contribution in [0.3, 0.4) is 0 Å². The number of carbonyl (C=O) groups is 1. The highest BCUT2D eigenvalue weighted by molar-refractivity contribution is 14.1. The number of pyridine rings is 1.